The molecule has 0 aromatic heterocycles. The number of fused-ring (bicyclic) bond motifs is 2. The maximum Gasteiger partial charge on any atom is 0.251 e. The molecule has 0 bridgehead atoms. The van der Waals surface area contributed by atoms with Crippen molar-refractivity contribution in [3.63, 3.8) is 0 Å². The van der Waals surface area contributed by atoms with Crippen molar-refractivity contribution < 1.29 is 4.79 Å². The highest BCUT2D eigenvalue weighted by Crippen LogP contribution is 2.41. The number of carbonyl (C=O) groups excluding carboxylic acids is 1. The largest absolute Gasteiger partial charge is 0.350 e. The molecule has 1 N–H and O–H groups in total. The van der Waals surface area contributed by atoms with Crippen molar-refractivity contribution in [3.05, 3.63) is 53.6 Å². The average molecular weight is 408 g/mol. The number of nitrogens with one attached hydrogen (secondary N) is 1. The van der Waals surface area contributed by atoms with Gasteiger partial charge in [-0.3, -0.25) is 14.7 Å². The lowest BCUT2D eigenvalue weighted by Crippen LogP contribution is -2.40. The van der Waals surface area contributed by atoms with Gasteiger partial charge in [0.1, 0.15) is 0 Å². The molecule has 1 atom stereocenters. The Bertz CT molecular complexity index is 924. The molecule has 0 unspecified atom stereocenters. The van der Waals surface area contributed by atoms with Crippen molar-refractivity contribution in [2.24, 2.45) is 4.99 Å². The highest BCUT2D eigenvalue weighted by atomic mass is 32.2. The maximum atomic E-state index is 12.8. The number of aliphatic imine (C=N–C) groups is 1. The van der Waals surface area contributed by atoms with Gasteiger partial charge in [0.15, 0.2) is 0 Å². The minimum Gasteiger partial charge on any atom is -0.350 e. The van der Waals surface area contributed by atoms with Crippen LogP contribution in [0.4, 0.5) is 5.69 Å². The molecule has 152 valence electrons. The van der Waals surface area contributed by atoms with E-state index in [0.29, 0.717) is 18.2 Å². The standard InChI is InChI=1S/C24H29N3OS/c1-3-8-20-19-10-5-6-11-22(19)29-23-13-12-17(15-21(23)26-20)24(28)25-16-18-9-7-14-27(18)4-2/h5-6,10-13,15,18H,3-4,7-9,14,16H2,1-2H3,(H,25,28)/t18-/m0/s1. The van der Waals surface area contributed by atoms with Crippen molar-refractivity contribution in [3.8, 4) is 0 Å². The molecule has 2 aliphatic rings. The first-order chi connectivity index (χ1) is 14.2. The van der Waals surface area contributed by atoms with Crippen molar-refractivity contribution >= 4 is 29.1 Å². The third-order valence-electron chi connectivity index (χ3n) is 5.78. The summed E-state index contributed by atoms with van der Waals surface area (Å²) in [5, 5.41) is 3.15. The summed E-state index contributed by atoms with van der Waals surface area (Å²) in [6.45, 7) is 7.27. The van der Waals surface area contributed by atoms with Crippen LogP contribution in [0.15, 0.2) is 57.2 Å². The normalized spacial score (nSPS) is 18.6. The molecule has 2 heterocycles. The van der Waals surface area contributed by atoms with Gasteiger partial charge in [-0.15, -0.1) is 0 Å². The van der Waals surface area contributed by atoms with Crippen LogP contribution < -0.4 is 5.32 Å². The molecule has 0 saturated carbocycles. The lowest BCUT2D eigenvalue weighted by atomic mass is 10.1. The van der Waals surface area contributed by atoms with Gasteiger partial charge >= 0.3 is 0 Å². The minimum absolute atomic E-state index is 0.00486. The van der Waals surface area contributed by atoms with E-state index in [2.05, 4.69) is 48.3 Å². The lowest BCUT2D eigenvalue weighted by molar-refractivity contribution is 0.0941. The molecule has 2 aliphatic heterocycles. The highest BCUT2D eigenvalue weighted by molar-refractivity contribution is 7.99. The highest BCUT2D eigenvalue weighted by Gasteiger charge is 2.24. The van der Waals surface area contributed by atoms with Crippen LogP contribution in [0.1, 0.15) is 55.5 Å². The van der Waals surface area contributed by atoms with Crippen LogP contribution in [0.5, 0.6) is 0 Å². The van der Waals surface area contributed by atoms with E-state index in [9.17, 15) is 4.79 Å². The quantitative estimate of drug-likeness (QED) is 0.708. The number of hydrogen-bond donors (Lipinski definition) is 1. The predicted octanol–water partition coefficient (Wildman–Crippen LogP) is 5.29. The van der Waals surface area contributed by atoms with E-state index in [4.69, 9.17) is 4.99 Å². The van der Waals surface area contributed by atoms with Crippen LogP contribution in [0.3, 0.4) is 0 Å². The smallest absolute Gasteiger partial charge is 0.251 e. The fraction of sp³-hybridized carbons (Fsp3) is 0.417. The van der Waals surface area contributed by atoms with Gasteiger partial charge in [-0.1, -0.05) is 50.2 Å². The molecular formula is C24H29N3OS. The van der Waals surface area contributed by atoms with Crippen molar-refractivity contribution in [2.45, 2.75) is 55.4 Å². The van der Waals surface area contributed by atoms with Crippen LogP contribution in [-0.2, 0) is 0 Å². The Labute approximate surface area is 177 Å². The van der Waals surface area contributed by atoms with Crippen LogP contribution >= 0.6 is 11.8 Å². The molecule has 4 rings (SSSR count). The number of hydrogen-bond acceptors (Lipinski definition) is 4. The second-order valence-electron chi connectivity index (χ2n) is 7.72. The summed E-state index contributed by atoms with van der Waals surface area (Å²) in [6, 6.07) is 14.8. The zero-order chi connectivity index (χ0) is 20.2. The first-order valence-electron chi connectivity index (χ1n) is 10.7. The van der Waals surface area contributed by atoms with Crippen molar-refractivity contribution in [1.29, 1.82) is 0 Å². The van der Waals surface area contributed by atoms with Gasteiger partial charge in [0, 0.05) is 39.2 Å². The van der Waals surface area contributed by atoms with Crippen LogP contribution in [0.2, 0.25) is 0 Å². The maximum absolute atomic E-state index is 12.8. The fourth-order valence-corrected chi connectivity index (χ4v) is 5.26. The first-order valence-corrected chi connectivity index (χ1v) is 11.5. The van der Waals surface area contributed by atoms with Crippen LogP contribution in [0, 0.1) is 0 Å². The summed E-state index contributed by atoms with van der Waals surface area (Å²) in [5.74, 6) is -0.00486. The SMILES string of the molecule is CCCC1=Nc2cc(C(=O)NC[C@@H]3CCCN3CC)ccc2Sc2ccccc21. The van der Waals surface area contributed by atoms with E-state index in [0.717, 1.165) is 48.6 Å². The van der Waals surface area contributed by atoms with E-state index in [1.54, 1.807) is 11.8 Å². The predicted molar refractivity (Wildman–Crippen MR) is 121 cm³/mol. The minimum atomic E-state index is -0.00486. The van der Waals surface area contributed by atoms with Gasteiger partial charge in [0.25, 0.3) is 5.91 Å². The number of likely N-dealkylation sites (N-methyl/N-ethyl adjacent to an activating group) is 1. The summed E-state index contributed by atoms with van der Waals surface area (Å²) in [7, 11) is 0. The summed E-state index contributed by atoms with van der Waals surface area (Å²) in [5.41, 5.74) is 3.91. The second-order valence-corrected chi connectivity index (χ2v) is 8.81. The molecule has 2 aromatic carbocycles. The van der Waals surface area contributed by atoms with E-state index < -0.39 is 0 Å². The monoisotopic (exact) mass is 407 g/mol. The van der Waals surface area contributed by atoms with Gasteiger partial charge in [-0.05, 0) is 56.6 Å². The third-order valence-corrected chi connectivity index (χ3v) is 6.93. The molecule has 29 heavy (non-hydrogen) atoms. The third kappa shape index (κ3) is 4.41. The number of amides is 1. The van der Waals surface area contributed by atoms with Crippen LogP contribution in [-0.4, -0.2) is 42.2 Å². The molecule has 4 nitrogen and oxygen atoms in total. The topological polar surface area (TPSA) is 44.7 Å². The lowest BCUT2D eigenvalue weighted by Gasteiger charge is -2.22. The van der Waals surface area contributed by atoms with E-state index in [1.807, 2.05) is 18.2 Å². The molecule has 0 radical (unpaired) electrons. The van der Waals surface area contributed by atoms with Crippen molar-refractivity contribution in [2.75, 3.05) is 19.6 Å². The number of rotatable bonds is 6. The summed E-state index contributed by atoms with van der Waals surface area (Å²) < 4.78 is 0. The van der Waals surface area contributed by atoms with Gasteiger partial charge < -0.3 is 5.32 Å². The van der Waals surface area contributed by atoms with E-state index in [-0.39, 0.29) is 5.91 Å². The fourth-order valence-electron chi connectivity index (χ4n) is 4.23. The number of likely N-dealkylation sites (tertiary alicyclic amines) is 1. The first kappa shape index (κ1) is 20.2. The Kier molecular flexibility index (Phi) is 6.36. The van der Waals surface area contributed by atoms with Gasteiger partial charge in [-0.2, -0.15) is 0 Å². The van der Waals surface area contributed by atoms with Gasteiger partial charge in [-0.25, -0.2) is 0 Å². The average Bonchev–Trinajstić information content (AvgIpc) is 3.14. The van der Waals surface area contributed by atoms with Gasteiger partial charge in [0.2, 0.25) is 0 Å². The molecule has 5 heteroatoms. The Morgan fingerprint density at radius 3 is 2.90 bits per heavy atom. The second kappa shape index (κ2) is 9.14. The van der Waals surface area contributed by atoms with Crippen molar-refractivity contribution in [1.82, 2.24) is 10.2 Å². The Morgan fingerprint density at radius 1 is 1.21 bits per heavy atom. The van der Waals surface area contributed by atoms with Crippen LogP contribution in [0.25, 0.3) is 0 Å². The molecule has 0 aliphatic carbocycles. The Balaban J connectivity index is 1.55. The molecule has 1 saturated heterocycles. The zero-order valence-corrected chi connectivity index (χ0v) is 18.1. The molecule has 2 aromatic rings. The Morgan fingerprint density at radius 2 is 2.07 bits per heavy atom. The Hall–Kier alpha value is -2.11. The molecule has 0 spiro atoms. The molecule has 1 fully saturated rings. The number of nitrogens with zero attached hydrogens (tertiary/aromatic N) is 2. The van der Waals surface area contributed by atoms with Gasteiger partial charge in [0.05, 0.1) is 5.69 Å². The number of benzene rings is 2. The zero-order valence-electron chi connectivity index (χ0n) is 17.3. The summed E-state index contributed by atoms with van der Waals surface area (Å²) >= 11 is 1.74. The van der Waals surface area contributed by atoms with E-state index in [1.165, 1.54) is 16.9 Å². The summed E-state index contributed by atoms with van der Waals surface area (Å²) in [6.07, 6.45) is 4.36. The molecular weight excluding hydrogens is 378 g/mol. The number of carbonyl (C=O) groups is 1. The summed E-state index contributed by atoms with van der Waals surface area (Å²) in [4.78, 5) is 22.6. The van der Waals surface area contributed by atoms with E-state index >= 15 is 0 Å². The molecule has 1 amide bonds.